The number of aryl methyl sites for hydroxylation is 1. The molecule has 0 aliphatic carbocycles. The minimum Gasteiger partial charge on any atom is -0.493 e. The highest BCUT2D eigenvalue weighted by Gasteiger charge is 2.21. The van der Waals surface area contributed by atoms with E-state index < -0.39 is 11.8 Å². The standard InChI is InChI=1S/C19H22N2O5/c1-5-12-6-8-13(9-7-12)18(22)20-21-19(23)14-10-11-15(24-2)17(26-4)16(14)25-3/h6-11H,5H2,1-4H3,(H,20,22)(H,21,23). The minimum absolute atomic E-state index is 0.201. The van der Waals surface area contributed by atoms with Crippen LogP contribution in [0.3, 0.4) is 0 Å². The Balaban J connectivity index is 2.13. The van der Waals surface area contributed by atoms with Crippen molar-refractivity contribution in [2.45, 2.75) is 13.3 Å². The van der Waals surface area contributed by atoms with E-state index in [9.17, 15) is 9.59 Å². The maximum atomic E-state index is 12.4. The van der Waals surface area contributed by atoms with Crippen molar-refractivity contribution in [2.24, 2.45) is 0 Å². The molecular formula is C19H22N2O5. The molecule has 7 heteroatoms. The molecule has 0 heterocycles. The molecule has 0 aromatic heterocycles. The van der Waals surface area contributed by atoms with Crippen molar-refractivity contribution < 1.29 is 23.8 Å². The Morgan fingerprint density at radius 2 is 1.42 bits per heavy atom. The van der Waals surface area contributed by atoms with Gasteiger partial charge in [-0.05, 0) is 36.2 Å². The van der Waals surface area contributed by atoms with Crippen molar-refractivity contribution in [1.29, 1.82) is 0 Å². The van der Waals surface area contributed by atoms with Crippen molar-refractivity contribution >= 4 is 11.8 Å². The first-order valence-electron chi connectivity index (χ1n) is 8.04. The molecule has 138 valence electrons. The molecule has 2 N–H and O–H groups in total. The van der Waals surface area contributed by atoms with Crippen LogP contribution in [0, 0.1) is 0 Å². The zero-order valence-corrected chi connectivity index (χ0v) is 15.2. The first-order chi connectivity index (χ1) is 12.5. The third-order valence-corrected chi connectivity index (χ3v) is 3.86. The predicted molar refractivity (Wildman–Crippen MR) is 96.9 cm³/mol. The van der Waals surface area contributed by atoms with Gasteiger partial charge < -0.3 is 14.2 Å². The number of methoxy groups -OCH3 is 3. The van der Waals surface area contributed by atoms with E-state index in [1.807, 2.05) is 19.1 Å². The van der Waals surface area contributed by atoms with Crippen LogP contribution in [0.4, 0.5) is 0 Å². The van der Waals surface area contributed by atoms with Crippen LogP contribution in [-0.4, -0.2) is 33.1 Å². The van der Waals surface area contributed by atoms with Gasteiger partial charge in [0.25, 0.3) is 11.8 Å². The van der Waals surface area contributed by atoms with E-state index in [1.165, 1.54) is 27.4 Å². The Labute approximate surface area is 152 Å². The smallest absolute Gasteiger partial charge is 0.273 e. The van der Waals surface area contributed by atoms with Crippen molar-refractivity contribution in [3.63, 3.8) is 0 Å². The third kappa shape index (κ3) is 4.05. The highest BCUT2D eigenvalue weighted by Crippen LogP contribution is 2.39. The highest BCUT2D eigenvalue weighted by molar-refractivity contribution is 6.01. The molecule has 0 spiro atoms. The molecule has 0 unspecified atom stereocenters. The zero-order valence-electron chi connectivity index (χ0n) is 15.2. The van der Waals surface area contributed by atoms with Crippen LogP contribution in [0.1, 0.15) is 33.2 Å². The minimum atomic E-state index is -0.540. The molecule has 0 radical (unpaired) electrons. The zero-order chi connectivity index (χ0) is 19.1. The molecule has 2 rings (SSSR count). The topological polar surface area (TPSA) is 85.9 Å². The number of hydrogen-bond acceptors (Lipinski definition) is 5. The maximum Gasteiger partial charge on any atom is 0.273 e. The maximum absolute atomic E-state index is 12.4. The number of nitrogens with one attached hydrogen (secondary N) is 2. The molecule has 0 atom stereocenters. The molecule has 0 fully saturated rings. The summed E-state index contributed by atoms with van der Waals surface area (Å²) in [7, 11) is 4.35. The molecule has 0 aliphatic rings. The quantitative estimate of drug-likeness (QED) is 0.774. The van der Waals surface area contributed by atoms with Crippen molar-refractivity contribution in [2.75, 3.05) is 21.3 Å². The number of amides is 2. The molecule has 0 saturated heterocycles. The lowest BCUT2D eigenvalue weighted by Gasteiger charge is -2.15. The second-order valence-electron chi connectivity index (χ2n) is 5.34. The predicted octanol–water partition coefficient (Wildman–Crippen LogP) is 2.35. The average Bonchev–Trinajstić information content (AvgIpc) is 2.70. The number of hydrazine groups is 1. The number of carbonyl (C=O) groups is 2. The van der Waals surface area contributed by atoms with Gasteiger partial charge in [0, 0.05) is 5.56 Å². The first-order valence-corrected chi connectivity index (χ1v) is 8.04. The largest absolute Gasteiger partial charge is 0.493 e. The van der Waals surface area contributed by atoms with E-state index in [0.717, 1.165) is 12.0 Å². The van der Waals surface area contributed by atoms with Crippen LogP contribution < -0.4 is 25.1 Å². The fourth-order valence-corrected chi connectivity index (χ4v) is 2.42. The molecule has 2 aromatic carbocycles. The lowest BCUT2D eigenvalue weighted by atomic mass is 10.1. The Bertz CT molecular complexity index is 787. The van der Waals surface area contributed by atoms with Gasteiger partial charge in [-0.25, -0.2) is 0 Å². The van der Waals surface area contributed by atoms with Gasteiger partial charge in [0.05, 0.1) is 26.9 Å². The number of rotatable bonds is 6. The molecule has 26 heavy (non-hydrogen) atoms. The Morgan fingerprint density at radius 1 is 0.808 bits per heavy atom. The van der Waals surface area contributed by atoms with Crippen molar-refractivity contribution in [1.82, 2.24) is 10.9 Å². The Kier molecular flexibility index (Phi) is 6.43. The summed E-state index contributed by atoms with van der Waals surface area (Å²) < 4.78 is 15.7. The van der Waals surface area contributed by atoms with Gasteiger partial charge in [-0.1, -0.05) is 19.1 Å². The van der Waals surface area contributed by atoms with Crippen LogP contribution in [-0.2, 0) is 6.42 Å². The highest BCUT2D eigenvalue weighted by atomic mass is 16.5. The van der Waals surface area contributed by atoms with Crippen LogP contribution >= 0.6 is 0 Å². The molecule has 0 saturated carbocycles. The van der Waals surface area contributed by atoms with Gasteiger partial charge in [-0.2, -0.15) is 0 Å². The summed E-state index contributed by atoms with van der Waals surface area (Å²) in [5.74, 6) is -0.0160. The number of hydrogen-bond donors (Lipinski definition) is 2. The lowest BCUT2D eigenvalue weighted by Crippen LogP contribution is -2.41. The van der Waals surface area contributed by atoms with Gasteiger partial charge in [0.2, 0.25) is 5.75 Å². The lowest BCUT2D eigenvalue weighted by molar-refractivity contribution is 0.0844. The van der Waals surface area contributed by atoms with Crippen LogP contribution in [0.15, 0.2) is 36.4 Å². The molecular weight excluding hydrogens is 336 g/mol. The fourth-order valence-electron chi connectivity index (χ4n) is 2.42. The van der Waals surface area contributed by atoms with E-state index in [2.05, 4.69) is 10.9 Å². The van der Waals surface area contributed by atoms with E-state index in [0.29, 0.717) is 17.1 Å². The average molecular weight is 358 g/mol. The van der Waals surface area contributed by atoms with Crippen molar-refractivity contribution in [3.05, 3.63) is 53.1 Å². The molecule has 0 bridgehead atoms. The summed E-state index contributed by atoms with van der Waals surface area (Å²) in [5.41, 5.74) is 6.53. The van der Waals surface area contributed by atoms with E-state index in [-0.39, 0.29) is 11.3 Å². The number of benzene rings is 2. The van der Waals surface area contributed by atoms with Gasteiger partial charge in [-0.15, -0.1) is 0 Å². The summed E-state index contributed by atoms with van der Waals surface area (Å²) in [6.45, 7) is 2.03. The molecule has 2 amide bonds. The summed E-state index contributed by atoms with van der Waals surface area (Å²) in [6.07, 6.45) is 0.887. The number of carbonyl (C=O) groups excluding carboxylic acids is 2. The summed E-state index contributed by atoms with van der Waals surface area (Å²) in [4.78, 5) is 24.6. The van der Waals surface area contributed by atoms with Gasteiger partial charge in [0.1, 0.15) is 0 Å². The van der Waals surface area contributed by atoms with Crippen LogP contribution in [0.2, 0.25) is 0 Å². The summed E-state index contributed by atoms with van der Waals surface area (Å²) in [5, 5.41) is 0. The SMILES string of the molecule is CCc1ccc(C(=O)NNC(=O)c2ccc(OC)c(OC)c2OC)cc1. The molecule has 7 nitrogen and oxygen atoms in total. The number of ether oxygens (including phenoxy) is 3. The first kappa shape index (κ1) is 19.1. The van der Waals surface area contributed by atoms with E-state index in [1.54, 1.807) is 18.2 Å². The summed E-state index contributed by atoms with van der Waals surface area (Å²) >= 11 is 0. The van der Waals surface area contributed by atoms with Gasteiger partial charge in [-0.3, -0.25) is 20.4 Å². The third-order valence-electron chi connectivity index (χ3n) is 3.86. The van der Waals surface area contributed by atoms with Crippen LogP contribution in [0.25, 0.3) is 0 Å². The van der Waals surface area contributed by atoms with E-state index in [4.69, 9.17) is 14.2 Å². The van der Waals surface area contributed by atoms with Crippen molar-refractivity contribution in [3.8, 4) is 17.2 Å². The van der Waals surface area contributed by atoms with Gasteiger partial charge >= 0.3 is 0 Å². The van der Waals surface area contributed by atoms with Gasteiger partial charge in [0.15, 0.2) is 11.5 Å². The second kappa shape index (κ2) is 8.75. The molecule has 2 aromatic rings. The normalized spacial score (nSPS) is 10.0. The fraction of sp³-hybridized carbons (Fsp3) is 0.263. The Morgan fingerprint density at radius 3 is 1.96 bits per heavy atom. The summed E-state index contributed by atoms with van der Waals surface area (Å²) in [6, 6.07) is 10.3. The monoisotopic (exact) mass is 358 g/mol. The van der Waals surface area contributed by atoms with Crippen LogP contribution in [0.5, 0.6) is 17.2 Å². The second-order valence-corrected chi connectivity index (χ2v) is 5.34. The molecule has 0 aliphatic heterocycles. The van der Waals surface area contributed by atoms with E-state index >= 15 is 0 Å². The Hall–Kier alpha value is -3.22.